The third-order valence-corrected chi connectivity index (χ3v) is 4.83. The number of hydrogen-bond acceptors (Lipinski definition) is 3. The molecule has 0 saturated heterocycles. The molecule has 0 saturated carbocycles. The van der Waals surface area contributed by atoms with Crippen LogP contribution in [-0.4, -0.2) is 23.4 Å². The van der Waals surface area contributed by atoms with Crippen LogP contribution in [0.25, 0.3) is 21.9 Å². The Morgan fingerprint density at radius 3 is 2.29 bits per heavy atom. The molecule has 0 aliphatic carbocycles. The molecule has 3 nitrogen and oxygen atoms in total. The molecule has 1 atom stereocenters. The largest absolute Gasteiger partial charge is 0.507 e. The van der Waals surface area contributed by atoms with Crippen molar-refractivity contribution in [1.82, 2.24) is 5.32 Å². The van der Waals surface area contributed by atoms with E-state index in [1.807, 2.05) is 25.1 Å². The van der Waals surface area contributed by atoms with Gasteiger partial charge in [-0.1, -0.05) is 50.2 Å². The van der Waals surface area contributed by atoms with Crippen LogP contribution in [-0.2, 0) is 0 Å². The Hall–Kier alpha value is -2.36. The fourth-order valence-corrected chi connectivity index (χ4v) is 3.25. The van der Waals surface area contributed by atoms with Crippen LogP contribution in [0.15, 0.2) is 54.6 Å². The van der Waals surface area contributed by atoms with Crippen molar-refractivity contribution in [2.75, 3.05) is 13.2 Å². The van der Waals surface area contributed by atoms with Crippen molar-refractivity contribution < 1.29 is 10.2 Å². The van der Waals surface area contributed by atoms with E-state index >= 15 is 0 Å². The van der Waals surface area contributed by atoms with E-state index in [1.165, 1.54) is 21.9 Å². The minimum Gasteiger partial charge on any atom is -0.507 e. The number of phenols is 1. The highest BCUT2D eigenvalue weighted by atomic mass is 16.3. The van der Waals surface area contributed by atoms with Crippen molar-refractivity contribution in [3.63, 3.8) is 0 Å². The monoisotopic (exact) mass is 379 g/mol. The number of phenolic OH excluding ortho intramolecular Hbond substituents is 1. The van der Waals surface area contributed by atoms with Gasteiger partial charge in [-0.15, -0.1) is 0 Å². The first kappa shape index (κ1) is 21.9. The lowest BCUT2D eigenvalue weighted by Gasteiger charge is -2.17. The zero-order valence-electron chi connectivity index (χ0n) is 17.5. The maximum absolute atomic E-state index is 10.1. The van der Waals surface area contributed by atoms with Crippen molar-refractivity contribution in [3.05, 3.63) is 65.7 Å². The second-order valence-corrected chi connectivity index (χ2v) is 7.19. The molecule has 0 radical (unpaired) electrons. The number of rotatable bonds is 6. The van der Waals surface area contributed by atoms with Gasteiger partial charge in [-0.3, -0.25) is 0 Å². The molecular weight excluding hydrogens is 346 g/mol. The van der Waals surface area contributed by atoms with Crippen LogP contribution in [0.5, 0.6) is 5.75 Å². The number of para-hydroxylation sites is 1. The molecule has 150 valence electrons. The summed E-state index contributed by atoms with van der Waals surface area (Å²) >= 11 is 0. The number of nitrogens with one attached hydrogen (secondary N) is 1. The first-order valence-electron chi connectivity index (χ1n) is 10.2. The fourth-order valence-electron chi connectivity index (χ4n) is 3.25. The number of aliphatic hydroxyl groups is 1. The van der Waals surface area contributed by atoms with E-state index < -0.39 is 0 Å². The lowest BCUT2D eigenvalue weighted by molar-refractivity contribution is 0.295. The summed E-state index contributed by atoms with van der Waals surface area (Å²) in [4.78, 5) is 0. The van der Waals surface area contributed by atoms with Crippen LogP contribution in [0, 0.1) is 6.92 Å². The van der Waals surface area contributed by atoms with E-state index in [0.29, 0.717) is 18.4 Å². The van der Waals surface area contributed by atoms with Crippen LogP contribution < -0.4 is 5.32 Å². The minimum absolute atomic E-state index is 0.319. The molecule has 3 aromatic carbocycles. The Kier molecular flexibility index (Phi) is 8.49. The quantitative estimate of drug-likeness (QED) is 0.494. The van der Waals surface area contributed by atoms with Crippen molar-refractivity contribution in [3.8, 4) is 16.9 Å². The summed E-state index contributed by atoms with van der Waals surface area (Å²) in [5.41, 5.74) is 4.57. The molecule has 1 unspecified atom stereocenters. The SMILES string of the molecule is CCCNC(C)c1cc2cc(-c3ccccc3O)ccc2cc1C.CCCO. The summed E-state index contributed by atoms with van der Waals surface area (Å²) in [5.74, 6) is 0.321. The number of aryl methyl sites for hydroxylation is 1. The molecule has 28 heavy (non-hydrogen) atoms. The maximum atomic E-state index is 10.1. The molecule has 3 aromatic rings. The van der Waals surface area contributed by atoms with Gasteiger partial charge in [0.2, 0.25) is 0 Å². The lowest BCUT2D eigenvalue weighted by atomic mass is 9.94. The highest BCUT2D eigenvalue weighted by molar-refractivity contribution is 5.89. The van der Waals surface area contributed by atoms with Crippen molar-refractivity contribution >= 4 is 10.8 Å². The highest BCUT2D eigenvalue weighted by Gasteiger charge is 2.10. The van der Waals surface area contributed by atoms with Gasteiger partial charge < -0.3 is 15.5 Å². The van der Waals surface area contributed by atoms with Gasteiger partial charge in [-0.25, -0.2) is 0 Å². The van der Waals surface area contributed by atoms with Gasteiger partial charge >= 0.3 is 0 Å². The van der Waals surface area contributed by atoms with Gasteiger partial charge in [-0.05, 0) is 78.9 Å². The standard InChI is InChI=1S/C22H25NO.C3H8O/c1-4-11-23-16(3)21-14-19-13-18(10-9-17(19)12-15(21)2)20-7-5-6-8-22(20)24;1-2-3-4/h5-10,12-14,16,23-24H,4,11H2,1-3H3;4H,2-3H2,1H3. The van der Waals surface area contributed by atoms with Crippen LogP contribution in [0.4, 0.5) is 0 Å². The predicted octanol–water partition coefficient (Wildman–Crippen LogP) is 5.97. The van der Waals surface area contributed by atoms with E-state index in [9.17, 15) is 5.11 Å². The number of fused-ring (bicyclic) bond motifs is 1. The topological polar surface area (TPSA) is 52.5 Å². The first-order chi connectivity index (χ1) is 13.5. The van der Waals surface area contributed by atoms with Crippen molar-refractivity contribution in [2.24, 2.45) is 0 Å². The van der Waals surface area contributed by atoms with E-state index in [-0.39, 0.29) is 0 Å². The van der Waals surface area contributed by atoms with Crippen LogP contribution in [0.1, 0.15) is 50.8 Å². The van der Waals surface area contributed by atoms with E-state index in [1.54, 1.807) is 6.07 Å². The predicted molar refractivity (Wildman–Crippen MR) is 120 cm³/mol. The summed E-state index contributed by atoms with van der Waals surface area (Å²) in [6, 6.07) is 18.7. The second kappa shape index (κ2) is 10.8. The van der Waals surface area contributed by atoms with Gasteiger partial charge in [0.1, 0.15) is 5.75 Å². The van der Waals surface area contributed by atoms with Gasteiger partial charge in [0, 0.05) is 18.2 Å². The Balaban J connectivity index is 0.000000640. The minimum atomic E-state index is 0.319. The fraction of sp³-hybridized carbons (Fsp3) is 0.360. The molecule has 0 aliphatic rings. The summed E-state index contributed by atoms with van der Waals surface area (Å²) < 4.78 is 0. The zero-order chi connectivity index (χ0) is 20.5. The molecule has 0 amide bonds. The third kappa shape index (κ3) is 5.57. The van der Waals surface area contributed by atoms with E-state index in [4.69, 9.17) is 5.11 Å². The van der Waals surface area contributed by atoms with Gasteiger partial charge in [0.15, 0.2) is 0 Å². The summed E-state index contributed by atoms with van der Waals surface area (Å²) in [6.45, 7) is 9.86. The van der Waals surface area contributed by atoms with Gasteiger partial charge in [0.05, 0.1) is 0 Å². The zero-order valence-corrected chi connectivity index (χ0v) is 17.5. The van der Waals surface area contributed by atoms with Crippen molar-refractivity contribution in [2.45, 2.75) is 46.6 Å². The van der Waals surface area contributed by atoms with Crippen LogP contribution >= 0.6 is 0 Å². The Labute approximate surface area is 169 Å². The average molecular weight is 380 g/mol. The van der Waals surface area contributed by atoms with Crippen LogP contribution in [0.2, 0.25) is 0 Å². The molecule has 0 fully saturated rings. The number of benzene rings is 3. The highest BCUT2D eigenvalue weighted by Crippen LogP contribution is 2.32. The molecule has 0 bridgehead atoms. The molecule has 0 aliphatic heterocycles. The average Bonchev–Trinajstić information content (AvgIpc) is 2.71. The number of aromatic hydroxyl groups is 1. The lowest BCUT2D eigenvalue weighted by Crippen LogP contribution is -2.20. The van der Waals surface area contributed by atoms with Gasteiger partial charge in [-0.2, -0.15) is 0 Å². The summed E-state index contributed by atoms with van der Waals surface area (Å²) in [6.07, 6.45) is 2.01. The Morgan fingerprint density at radius 2 is 1.64 bits per heavy atom. The van der Waals surface area contributed by atoms with Gasteiger partial charge in [0.25, 0.3) is 0 Å². The van der Waals surface area contributed by atoms with Crippen molar-refractivity contribution in [1.29, 1.82) is 0 Å². The number of aliphatic hydroxyl groups excluding tert-OH is 1. The third-order valence-electron chi connectivity index (χ3n) is 4.83. The first-order valence-corrected chi connectivity index (χ1v) is 10.2. The maximum Gasteiger partial charge on any atom is 0.123 e. The number of hydrogen-bond donors (Lipinski definition) is 3. The van der Waals surface area contributed by atoms with E-state index in [0.717, 1.165) is 30.5 Å². The molecule has 3 N–H and O–H groups in total. The smallest absolute Gasteiger partial charge is 0.123 e. The molecule has 3 rings (SSSR count). The molecule has 3 heteroatoms. The molecular formula is C25H33NO2. The Bertz CT molecular complexity index is 887. The second-order valence-electron chi connectivity index (χ2n) is 7.19. The van der Waals surface area contributed by atoms with E-state index in [2.05, 4.69) is 56.4 Å². The van der Waals surface area contributed by atoms with Crippen LogP contribution in [0.3, 0.4) is 0 Å². The molecule has 0 aromatic heterocycles. The summed E-state index contributed by atoms with van der Waals surface area (Å²) in [5, 5.41) is 24.0. The Morgan fingerprint density at radius 1 is 0.929 bits per heavy atom. The molecule has 0 heterocycles. The molecule has 0 spiro atoms. The summed E-state index contributed by atoms with van der Waals surface area (Å²) in [7, 11) is 0. The normalized spacial score (nSPS) is 11.8.